The molecule has 3 rings (SSSR count). The topological polar surface area (TPSA) is 49.4 Å². The van der Waals surface area contributed by atoms with Crippen LogP contribution in [0.2, 0.25) is 0 Å². The van der Waals surface area contributed by atoms with Gasteiger partial charge in [0.1, 0.15) is 5.82 Å². The molecule has 1 spiro atoms. The van der Waals surface area contributed by atoms with Gasteiger partial charge in [-0.05, 0) is 43.7 Å². The maximum Gasteiger partial charge on any atom is 0.241 e. The second kappa shape index (κ2) is 4.42. The van der Waals surface area contributed by atoms with Crippen molar-refractivity contribution in [2.24, 2.45) is 5.41 Å². The van der Waals surface area contributed by atoms with Gasteiger partial charge in [-0.25, -0.2) is 4.39 Å². The lowest BCUT2D eigenvalue weighted by atomic mass is 9.79. The molecule has 1 aromatic carbocycles. The molecule has 1 N–H and O–H groups in total. The van der Waals surface area contributed by atoms with Gasteiger partial charge in [0, 0.05) is 13.0 Å². The molecule has 4 nitrogen and oxygen atoms in total. The smallest absolute Gasteiger partial charge is 0.241 e. The number of piperidine rings is 1. The van der Waals surface area contributed by atoms with Crippen molar-refractivity contribution in [2.45, 2.75) is 19.3 Å². The summed E-state index contributed by atoms with van der Waals surface area (Å²) in [6, 6.07) is 5.47. The lowest BCUT2D eigenvalue weighted by Gasteiger charge is -2.31. The first-order chi connectivity index (χ1) is 9.12. The van der Waals surface area contributed by atoms with Gasteiger partial charge in [0.25, 0.3) is 0 Å². The van der Waals surface area contributed by atoms with E-state index >= 15 is 0 Å². The predicted molar refractivity (Wildman–Crippen MR) is 68.0 cm³/mol. The Morgan fingerprint density at radius 2 is 1.95 bits per heavy atom. The Balaban J connectivity index is 1.92. The van der Waals surface area contributed by atoms with Crippen LogP contribution in [0.4, 0.5) is 10.1 Å². The largest absolute Gasteiger partial charge is 0.316 e. The van der Waals surface area contributed by atoms with Crippen molar-refractivity contribution in [1.29, 1.82) is 0 Å². The number of hydrogen-bond donors (Lipinski definition) is 1. The summed E-state index contributed by atoms with van der Waals surface area (Å²) in [5.41, 5.74) is -0.136. The average Bonchev–Trinajstić information content (AvgIpc) is 2.64. The number of imide groups is 1. The fourth-order valence-corrected chi connectivity index (χ4v) is 2.95. The van der Waals surface area contributed by atoms with Crippen molar-refractivity contribution in [3.63, 3.8) is 0 Å². The fraction of sp³-hybridized carbons (Fsp3) is 0.429. The Bertz CT molecular complexity index is 521. The van der Waals surface area contributed by atoms with Crippen LogP contribution in [-0.2, 0) is 9.59 Å². The van der Waals surface area contributed by atoms with E-state index in [2.05, 4.69) is 5.32 Å². The number of nitrogens with one attached hydrogen (secondary N) is 1. The van der Waals surface area contributed by atoms with Crippen LogP contribution < -0.4 is 10.2 Å². The molecule has 2 heterocycles. The second-order valence-electron chi connectivity index (χ2n) is 5.25. The van der Waals surface area contributed by atoms with E-state index in [9.17, 15) is 14.0 Å². The molecule has 0 bridgehead atoms. The predicted octanol–water partition coefficient (Wildman–Crippen LogP) is 1.46. The molecule has 2 aliphatic rings. The van der Waals surface area contributed by atoms with Gasteiger partial charge >= 0.3 is 0 Å². The first kappa shape index (κ1) is 12.3. The van der Waals surface area contributed by atoms with E-state index in [1.165, 1.54) is 29.2 Å². The molecule has 2 amide bonds. The molecule has 5 heteroatoms. The maximum absolute atomic E-state index is 12.9. The Morgan fingerprint density at radius 1 is 1.21 bits per heavy atom. The van der Waals surface area contributed by atoms with Gasteiger partial charge in [-0.15, -0.1) is 0 Å². The minimum Gasteiger partial charge on any atom is -0.316 e. The summed E-state index contributed by atoms with van der Waals surface area (Å²) in [6.07, 6.45) is 1.88. The molecular formula is C14H15FN2O2. The maximum atomic E-state index is 12.9. The van der Waals surface area contributed by atoms with Crippen molar-refractivity contribution >= 4 is 17.5 Å². The van der Waals surface area contributed by atoms with E-state index in [-0.39, 0.29) is 24.1 Å². The summed E-state index contributed by atoms with van der Waals surface area (Å²) in [5, 5.41) is 3.19. The van der Waals surface area contributed by atoms with Gasteiger partial charge in [0.2, 0.25) is 11.8 Å². The van der Waals surface area contributed by atoms with Crippen molar-refractivity contribution < 1.29 is 14.0 Å². The van der Waals surface area contributed by atoms with Gasteiger partial charge in [-0.3, -0.25) is 14.5 Å². The SMILES string of the molecule is O=C1C[C@]2(CCCNC2)C(=O)N1c1ccc(F)cc1. The molecule has 19 heavy (non-hydrogen) atoms. The monoisotopic (exact) mass is 262 g/mol. The molecule has 100 valence electrons. The fourth-order valence-electron chi connectivity index (χ4n) is 2.95. The van der Waals surface area contributed by atoms with Gasteiger partial charge in [-0.2, -0.15) is 0 Å². The van der Waals surface area contributed by atoms with Gasteiger partial charge < -0.3 is 5.32 Å². The Labute approximate surface area is 110 Å². The van der Waals surface area contributed by atoms with Crippen molar-refractivity contribution in [1.82, 2.24) is 5.32 Å². The van der Waals surface area contributed by atoms with Crippen LogP contribution in [0.1, 0.15) is 19.3 Å². The summed E-state index contributed by atoms with van der Waals surface area (Å²) < 4.78 is 12.9. The highest BCUT2D eigenvalue weighted by molar-refractivity contribution is 6.22. The van der Waals surface area contributed by atoms with Crippen LogP contribution in [0.15, 0.2) is 24.3 Å². The highest BCUT2D eigenvalue weighted by atomic mass is 19.1. The molecule has 2 aliphatic heterocycles. The van der Waals surface area contributed by atoms with E-state index in [4.69, 9.17) is 0 Å². The number of halogens is 1. The molecular weight excluding hydrogens is 247 g/mol. The van der Waals surface area contributed by atoms with Gasteiger partial charge in [0.15, 0.2) is 0 Å². The zero-order valence-corrected chi connectivity index (χ0v) is 10.5. The average molecular weight is 262 g/mol. The zero-order chi connectivity index (χ0) is 13.5. The van der Waals surface area contributed by atoms with Crippen LogP contribution in [0.5, 0.6) is 0 Å². The van der Waals surface area contributed by atoms with Crippen LogP contribution >= 0.6 is 0 Å². The third kappa shape index (κ3) is 1.94. The summed E-state index contributed by atoms with van der Waals surface area (Å²) in [5.74, 6) is -0.728. The number of hydrogen-bond acceptors (Lipinski definition) is 3. The van der Waals surface area contributed by atoms with Crippen molar-refractivity contribution in [3.8, 4) is 0 Å². The quantitative estimate of drug-likeness (QED) is 0.779. The number of carbonyl (C=O) groups is 2. The van der Waals surface area contributed by atoms with Crippen molar-refractivity contribution in [3.05, 3.63) is 30.1 Å². The highest BCUT2D eigenvalue weighted by Crippen LogP contribution is 2.40. The number of amides is 2. The first-order valence-electron chi connectivity index (χ1n) is 6.46. The molecule has 0 aliphatic carbocycles. The lowest BCUT2D eigenvalue weighted by Crippen LogP contribution is -2.45. The minimum absolute atomic E-state index is 0.156. The molecule has 0 radical (unpaired) electrons. The summed E-state index contributed by atoms with van der Waals surface area (Å²) in [7, 11) is 0. The van der Waals surface area contributed by atoms with Crippen LogP contribution in [0.3, 0.4) is 0 Å². The van der Waals surface area contributed by atoms with E-state index in [0.717, 1.165) is 19.4 Å². The van der Waals surface area contributed by atoms with E-state index in [1.807, 2.05) is 0 Å². The van der Waals surface area contributed by atoms with Crippen LogP contribution in [-0.4, -0.2) is 24.9 Å². The van der Waals surface area contributed by atoms with Gasteiger partial charge in [0.05, 0.1) is 11.1 Å². The number of anilines is 1. The molecule has 2 fully saturated rings. The van der Waals surface area contributed by atoms with Crippen molar-refractivity contribution in [2.75, 3.05) is 18.0 Å². The van der Waals surface area contributed by atoms with E-state index in [1.54, 1.807) is 0 Å². The Morgan fingerprint density at radius 3 is 2.58 bits per heavy atom. The second-order valence-corrected chi connectivity index (χ2v) is 5.25. The Kier molecular flexibility index (Phi) is 2.86. The summed E-state index contributed by atoms with van der Waals surface area (Å²) in [6.45, 7) is 1.44. The molecule has 0 unspecified atom stereocenters. The number of carbonyl (C=O) groups excluding carboxylic acids is 2. The highest BCUT2D eigenvalue weighted by Gasteiger charge is 2.52. The number of rotatable bonds is 1. The normalized spacial score (nSPS) is 27.3. The minimum atomic E-state index is -0.594. The third-order valence-corrected chi connectivity index (χ3v) is 3.95. The molecule has 0 saturated carbocycles. The lowest BCUT2D eigenvalue weighted by molar-refractivity contribution is -0.126. The van der Waals surface area contributed by atoms with Crippen LogP contribution in [0, 0.1) is 11.2 Å². The summed E-state index contributed by atoms with van der Waals surface area (Å²) in [4.78, 5) is 25.9. The summed E-state index contributed by atoms with van der Waals surface area (Å²) >= 11 is 0. The van der Waals surface area contributed by atoms with Crippen LogP contribution in [0.25, 0.3) is 0 Å². The van der Waals surface area contributed by atoms with E-state index in [0.29, 0.717) is 12.2 Å². The molecule has 0 aromatic heterocycles. The molecule has 1 atom stereocenters. The van der Waals surface area contributed by atoms with Gasteiger partial charge in [-0.1, -0.05) is 0 Å². The molecule has 1 aromatic rings. The first-order valence-corrected chi connectivity index (χ1v) is 6.46. The standard InChI is InChI=1S/C14H15FN2O2/c15-10-2-4-11(5-3-10)17-12(18)8-14(13(17)19)6-1-7-16-9-14/h2-5,16H,1,6-9H2/t14-/m0/s1. The molecule has 2 saturated heterocycles. The van der Waals surface area contributed by atoms with E-state index < -0.39 is 5.41 Å². The Hall–Kier alpha value is -1.75. The zero-order valence-electron chi connectivity index (χ0n) is 10.5. The number of benzene rings is 1. The number of nitrogens with zero attached hydrogens (tertiary/aromatic N) is 1. The third-order valence-electron chi connectivity index (χ3n) is 3.95.